The number of aryl methyl sites for hydroxylation is 1. The van der Waals surface area contributed by atoms with Crippen LogP contribution in [0.3, 0.4) is 0 Å². The maximum atomic E-state index is 12.7. The molecule has 4 heterocycles. The summed E-state index contributed by atoms with van der Waals surface area (Å²) in [5.41, 5.74) is 2.13. The largest absolute Gasteiger partial charge is 0.353 e. The van der Waals surface area contributed by atoms with E-state index in [1.807, 2.05) is 19.1 Å². The van der Waals surface area contributed by atoms with E-state index in [-0.39, 0.29) is 18.4 Å². The molecule has 2 fully saturated rings. The Morgan fingerprint density at radius 1 is 1.30 bits per heavy atom. The van der Waals surface area contributed by atoms with E-state index in [4.69, 9.17) is 0 Å². The highest BCUT2D eigenvalue weighted by molar-refractivity contribution is 7.14. The standard InChI is InChI=1S/C20H24N4O2S/c1-14-4-2-5-15(22-14)12-23-10-3-6-16(23)17-7-8-18(27-17)20(26)24-11-9-21-19(25)13-24/h2,4-5,7-8,16H,3,6,9-13H2,1H3,(H,21,25)/t16-/m1/s1. The molecule has 0 radical (unpaired) electrons. The smallest absolute Gasteiger partial charge is 0.264 e. The summed E-state index contributed by atoms with van der Waals surface area (Å²) in [7, 11) is 0. The second-order valence-electron chi connectivity index (χ2n) is 7.18. The molecule has 1 atom stereocenters. The molecular formula is C20H24N4O2S. The predicted molar refractivity (Wildman–Crippen MR) is 105 cm³/mol. The van der Waals surface area contributed by atoms with Gasteiger partial charge in [0.25, 0.3) is 5.91 Å². The van der Waals surface area contributed by atoms with E-state index in [0.717, 1.165) is 42.2 Å². The third-order valence-corrected chi connectivity index (χ3v) is 6.34. The van der Waals surface area contributed by atoms with Gasteiger partial charge in [0.15, 0.2) is 0 Å². The molecule has 2 aromatic heterocycles. The number of hydrogen-bond donors (Lipinski definition) is 1. The molecule has 6 nitrogen and oxygen atoms in total. The topological polar surface area (TPSA) is 65.5 Å². The molecule has 0 aromatic carbocycles. The maximum Gasteiger partial charge on any atom is 0.264 e. The fourth-order valence-corrected chi connectivity index (χ4v) is 4.99. The summed E-state index contributed by atoms with van der Waals surface area (Å²) in [6, 6.07) is 10.5. The number of aromatic nitrogens is 1. The molecular weight excluding hydrogens is 360 g/mol. The molecule has 142 valence electrons. The van der Waals surface area contributed by atoms with E-state index >= 15 is 0 Å². The fourth-order valence-electron chi connectivity index (χ4n) is 3.85. The van der Waals surface area contributed by atoms with Gasteiger partial charge in [0.05, 0.1) is 17.1 Å². The van der Waals surface area contributed by atoms with Crippen LogP contribution in [0.1, 0.15) is 44.8 Å². The molecule has 27 heavy (non-hydrogen) atoms. The van der Waals surface area contributed by atoms with Crippen molar-refractivity contribution in [3.8, 4) is 0 Å². The molecule has 2 saturated heterocycles. The van der Waals surface area contributed by atoms with Crippen LogP contribution >= 0.6 is 11.3 Å². The summed E-state index contributed by atoms with van der Waals surface area (Å²) in [4.78, 5) is 34.9. The lowest BCUT2D eigenvalue weighted by Gasteiger charge is -2.26. The second kappa shape index (κ2) is 7.78. The third kappa shape index (κ3) is 4.04. The lowest BCUT2D eigenvalue weighted by atomic mass is 10.2. The van der Waals surface area contributed by atoms with E-state index in [1.165, 1.54) is 4.88 Å². The van der Waals surface area contributed by atoms with Crippen LogP contribution < -0.4 is 5.32 Å². The van der Waals surface area contributed by atoms with Crippen molar-refractivity contribution in [2.24, 2.45) is 0 Å². The van der Waals surface area contributed by atoms with E-state index in [1.54, 1.807) is 16.2 Å². The van der Waals surface area contributed by atoms with Crippen molar-refractivity contribution in [3.63, 3.8) is 0 Å². The summed E-state index contributed by atoms with van der Waals surface area (Å²) in [6.45, 7) is 5.16. The Hall–Kier alpha value is -2.25. The van der Waals surface area contributed by atoms with Crippen molar-refractivity contribution in [3.05, 3.63) is 51.5 Å². The van der Waals surface area contributed by atoms with Gasteiger partial charge in [-0.05, 0) is 50.6 Å². The van der Waals surface area contributed by atoms with Gasteiger partial charge < -0.3 is 10.2 Å². The van der Waals surface area contributed by atoms with Crippen LogP contribution in [0, 0.1) is 6.92 Å². The number of hydrogen-bond acceptors (Lipinski definition) is 5. The minimum absolute atomic E-state index is 0.0361. The Kier molecular flexibility index (Phi) is 5.22. The number of thiophene rings is 1. The summed E-state index contributed by atoms with van der Waals surface area (Å²) >= 11 is 1.57. The average molecular weight is 385 g/mol. The first-order chi connectivity index (χ1) is 13.1. The molecule has 0 bridgehead atoms. The molecule has 0 spiro atoms. The summed E-state index contributed by atoms with van der Waals surface area (Å²) < 4.78 is 0. The number of pyridine rings is 1. The second-order valence-corrected chi connectivity index (χ2v) is 8.29. The first kappa shape index (κ1) is 18.1. The Morgan fingerprint density at radius 3 is 3.00 bits per heavy atom. The Morgan fingerprint density at radius 2 is 2.19 bits per heavy atom. The van der Waals surface area contributed by atoms with Crippen LogP contribution in [0.5, 0.6) is 0 Å². The number of nitrogens with zero attached hydrogens (tertiary/aromatic N) is 3. The molecule has 7 heteroatoms. The van der Waals surface area contributed by atoms with Crippen molar-refractivity contribution in [2.75, 3.05) is 26.2 Å². The van der Waals surface area contributed by atoms with Crippen LogP contribution in [0.4, 0.5) is 0 Å². The molecule has 0 unspecified atom stereocenters. The Balaban J connectivity index is 1.46. The Labute approximate surface area is 163 Å². The van der Waals surface area contributed by atoms with Crippen LogP contribution in [0.15, 0.2) is 30.3 Å². The molecule has 4 rings (SSSR count). The van der Waals surface area contributed by atoms with Crippen LogP contribution in [-0.2, 0) is 11.3 Å². The average Bonchev–Trinajstić information content (AvgIpc) is 3.30. The van der Waals surface area contributed by atoms with Crippen LogP contribution in [-0.4, -0.2) is 52.8 Å². The predicted octanol–water partition coefficient (Wildman–Crippen LogP) is 2.36. The van der Waals surface area contributed by atoms with Gasteiger partial charge in [-0.1, -0.05) is 6.07 Å². The monoisotopic (exact) mass is 384 g/mol. The summed E-state index contributed by atoms with van der Waals surface area (Å²) in [6.07, 6.45) is 2.26. The van der Waals surface area contributed by atoms with Crippen LogP contribution in [0.2, 0.25) is 0 Å². The van der Waals surface area contributed by atoms with Crippen molar-refractivity contribution in [1.29, 1.82) is 0 Å². The molecule has 0 saturated carbocycles. The van der Waals surface area contributed by atoms with E-state index < -0.39 is 0 Å². The molecule has 0 aliphatic carbocycles. The van der Waals surface area contributed by atoms with Gasteiger partial charge in [-0.2, -0.15) is 0 Å². The zero-order valence-corrected chi connectivity index (χ0v) is 16.3. The van der Waals surface area contributed by atoms with Gasteiger partial charge in [-0.25, -0.2) is 0 Å². The molecule has 2 amide bonds. The van der Waals surface area contributed by atoms with Gasteiger partial charge in [0, 0.05) is 36.2 Å². The van der Waals surface area contributed by atoms with Gasteiger partial charge >= 0.3 is 0 Å². The highest BCUT2D eigenvalue weighted by Crippen LogP contribution is 2.37. The van der Waals surface area contributed by atoms with Gasteiger partial charge in [0.1, 0.15) is 0 Å². The van der Waals surface area contributed by atoms with Gasteiger partial charge in [-0.15, -0.1) is 11.3 Å². The SMILES string of the molecule is Cc1cccc(CN2CCC[C@@H]2c2ccc(C(=O)N3CCNC(=O)C3)s2)n1. The number of carbonyl (C=O) groups excluding carboxylic acids is 2. The number of piperazine rings is 1. The van der Waals surface area contributed by atoms with Crippen molar-refractivity contribution in [2.45, 2.75) is 32.4 Å². The number of rotatable bonds is 4. The normalized spacial score (nSPS) is 20.7. The number of carbonyl (C=O) groups is 2. The number of likely N-dealkylation sites (tertiary alicyclic amines) is 1. The zero-order chi connectivity index (χ0) is 18.8. The minimum atomic E-state index is -0.0843. The molecule has 2 aromatic rings. The summed E-state index contributed by atoms with van der Waals surface area (Å²) in [5, 5.41) is 2.76. The summed E-state index contributed by atoms with van der Waals surface area (Å²) in [5.74, 6) is -0.120. The number of nitrogens with one attached hydrogen (secondary N) is 1. The molecule has 1 N–H and O–H groups in total. The lowest BCUT2D eigenvalue weighted by Crippen LogP contribution is -2.49. The molecule has 2 aliphatic heterocycles. The van der Waals surface area contributed by atoms with Crippen molar-refractivity contribution in [1.82, 2.24) is 20.1 Å². The van der Waals surface area contributed by atoms with Crippen molar-refractivity contribution >= 4 is 23.2 Å². The van der Waals surface area contributed by atoms with E-state index in [9.17, 15) is 9.59 Å². The van der Waals surface area contributed by atoms with Gasteiger partial charge in [-0.3, -0.25) is 19.5 Å². The van der Waals surface area contributed by atoms with Crippen molar-refractivity contribution < 1.29 is 9.59 Å². The first-order valence-corrected chi connectivity index (χ1v) is 10.2. The quantitative estimate of drug-likeness (QED) is 0.879. The highest BCUT2D eigenvalue weighted by Gasteiger charge is 2.29. The van der Waals surface area contributed by atoms with E-state index in [0.29, 0.717) is 19.1 Å². The Bertz CT molecular complexity index is 850. The van der Waals surface area contributed by atoms with Crippen LogP contribution in [0.25, 0.3) is 0 Å². The fraction of sp³-hybridized carbons (Fsp3) is 0.450. The highest BCUT2D eigenvalue weighted by atomic mass is 32.1. The minimum Gasteiger partial charge on any atom is -0.353 e. The zero-order valence-electron chi connectivity index (χ0n) is 15.5. The maximum absolute atomic E-state index is 12.7. The van der Waals surface area contributed by atoms with E-state index in [2.05, 4.69) is 33.4 Å². The lowest BCUT2D eigenvalue weighted by molar-refractivity contribution is -0.123. The number of amides is 2. The third-order valence-electron chi connectivity index (χ3n) is 5.17. The molecule has 2 aliphatic rings. The first-order valence-electron chi connectivity index (χ1n) is 9.42. The van der Waals surface area contributed by atoms with Gasteiger partial charge in [0.2, 0.25) is 5.91 Å².